The number of amides is 1. The average molecular weight is 444 g/mol. The van der Waals surface area contributed by atoms with E-state index in [2.05, 4.69) is 52.5 Å². The van der Waals surface area contributed by atoms with Crippen LogP contribution in [0.4, 0.5) is 4.79 Å². The van der Waals surface area contributed by atoms with Crippen LogP contribution in [0.1, 0.15) is 86.5 Å². The van der Waals surface area contributed by atoms with Gasteiger partial charge in [-0.15, -0.1) is 0 Å². The lowest BCUT2D eigenvalue weighted by molar-refractivity contribution is -0.146. The fourth-order valence-corrected chi connectivity index (χ4v) is 8.18. The molecule has 1 amide bonds. The summed E-state index contributed by atoms with van der Waals surface area (Å²) in [6.07, 6.45) is 10.2. The maximum atomic E-state index is 13.7. The maximum absolute atomic E-state index is 13.7. The molecule has 2 fully saturated rings. The molecule has 0 bridgehead atoms. The van der Waals surface area contributed by atoms with Crippen molar-refractivity contribution in [3.63, 3.8) is 0 Å². The van der Waals surface area contributed by atoms with Gasteiger partial charge in [0, 0.05) is 24.4 Å². The molecule has 0 unspecified atom stereocenters. The van der Waals surface area contributed by atoms with Crippen molar-refractivity contribution < 1.29 is 19.4 Å². The summed E-state index contributed by atoms with van der Waals surface area (Å²) in [5, 5.41) is 9.01. The molecule has 0 radical (unpaired) electrons. The first-order valence-corrected chi connectivity index (χ1v) is 12.6. The van der Waals surface area contributed by atoms with Crippen LogP contribution in [-0.2, 0) is 9.53 Å². The number of fused-ring (bicyclic) bond motifs is 5. The molecular weight excluding hydrogens is 402 g/mol. The third-order valence-electron chi connectivity index (χ3n) is 9.62. The summed E-state index contributed by atoms with van der Waals surface area (Å²) in [5.41, 5.74) is 1.44. The molecule has 4 aliphatic carbocycles. The second-order valence-corrected chi connectivity index (χ2v) is 11.8. The monoisotopic (exact) mass is 443 g/mol. The highest BCUT2D eigenvalue weighted by Gasteiger charge is 2.60. The van der Waals surface area contributed by atoms with Crippen molar-refractivity contribution in [3.8, 4) is 0 Å². The van der Waals surface area contributed by atoms with Gasteiger partial charge in [-0.3, -0.25) is 4.79 Å². The van der Waals surface area contributed by atoms with Gasteiger partial charge < -0.3 is 14.7 Å². The topological polar surface area (TPSA) is 66.8 Å². The molecule has 4 aliphatic rings. The van der Waals surface area contributed by atoms with E-state index >= 15 is 0 Å². The van der Waals surface area contributed by atoms with Crippen LogP contribution in [-0.4, -0.2) is 34.2 Å². The molecule has 1 N–H and O–H groups in total. The Balaban J connectivity index is 1.59. The predicted molar refractivity (Wildman–Crippen MR) is 125 cm³/mol. The van der Waals surface area contributed by atoms with Gasteiger partial charge in [0.15, 0.2) is 0 Å². The fourth-order valence-electron chi connectivity index (χ4n) is 8.18. The zero-order valence-electron chi connectivity index (χ0n) is 20.7. The normalized spacial score (nSPS) is 38.4. The molecule has 0 saturated heterocycles. The highest BCUT2D eigenvalue weighted by atomic mass is 16.7. The first-order valence-electron chi connectivity index (χ1n) is 12.6. The number of ether oxygens (including phenoxy) is 1. The second kappa shape index (κ2) is 8.22. The Labute approximate surface area is 193 Å². The van der Waals surface area contributed by atoms with Gasteiger partial charge in [-0.2, -0.15) is 0 Å². The van der Waals surface area contributed by atoms with Crippen LogP contribution in [0.25, 0.3) is 0 Å². The SMILES string of the molecule is CC(C)N(C(=O)[C@H]1CC[C@H]2[C@@H]3CC=C4C=C(OC(=O)O)CC[C@]4(C)[C@H]3CC[C@]12C)C(C)C. The third-order valence-corrected chi connectivity index (χ3v) is 9.62. The molecule has 0 heterocycles. The smallest absolute Gasteiger partial charge is 0.449 e. The molecule has 2 saturated carbocycles. The first kappa shape index (κ1) is 23.4. The van der Waals surface area contributed by atoms with Gasteiger partial charge >= 0.3 is 6.16 Å². The summed E-state index contributed by atoms with van der Waals surface area (Å²) < 4.78 is 5.00. The van der Waals surface area contributed by atoms with Gasteiger partial charge in [0.2, 0.25) is 5.91 Å². The Hall–Kier alpha value is -1.78. The number of nitrogens with zero attached hydrogens (tertiary/aromatic N) is 1. The van der Waals surface area contributed by atoms with E-state index in [0.717, 1.165) is 38.5 Å². The number of allylic oxidation sites excluding steroid dienone is 4. The Morgan fingerprint density at radius 3 is 2.38 bits per heavy atom. The molecule has 178 valence electrons. The largest absolute Gasteiger partial charge is 0.511 e. The van der Waals surface area contributed by atoms with Crippen molar-refractivity contribution in [3.05, 3.63) is 23.5 Å². The average Bonchev–Trinajstić information content (AvgIpc) is 3.04. The molecule has 0 aromatic carbocycles. The lowest BCUT2D eigenvalue weighted by Gasteiger charge is -2.57. The van der Waals surface area contributed by atoms with E-state index in [9.17, 15) is 9.59 Å². The van der Waals surface area contributed by atoms with Crippen molar-refractivity contribution in [2.75, 3.05) is 0 Å². The Kier molecular flexibility index (Phi) is 6.00. The maximum Gasteiger partial charge on any atom is 0.511 e. The van der Waals surface area contributed by atoms with Gasteiger partial charge in [-0.25, -0.2) is 4.79 Å². The molecule has 5 nitrogen and oxygen atoms in total. The molecule has 0 aromatic heterocycles. The minimum Gasteiger partial charge on any atom is -0.449 e. The summed E-state index contributed by atoms with van der Waals surface area (Å²) in [4.78, 5) is 26.8. The number of carboxylic acid groups (broad SMARTS) is 1. The predicted octanol–water partition coefficient (Wildman–Crippen LogP) is 6.40. The number of hydrogen-bond acceptors (Lipinski definition) is 3. The van der Waals surface area contributed by atoms with Gasteiger partial charge in [-0.05, 0) is 106 Å². The summed E-state index contributed by atoms with van der Waals surface area (Å²) >= 11 is 0. The molecule has 0 aliphatic heterocycles. The number of hydrogen-bond donors (Lipinski definition) is 1. The Bertz CT molecular complexity index is 835. The van der Waals surface area contributed by atoms with Gasteiger partial charge in [-0.1, -0.05) is 19.9 Å². The number of carbonyl (C=O) groups is 2. The molecule has 0 aromatic rings. The highest BCUT2D eigenvalue weighted by molar-refractivity contribution is 5.80. The summed E-state index contributed by atoms with van der Waals surface area (Å²) in [7, 11) is 0. The molecule has 6 atom stereocenters. The third kappa shape index (κ3) is 3.60. The van der Waals surface area contributed by atoms with Crippen LogP contribution in [0.3, 0.4) is 0 Å². The van der Waals surface area contributed by atoms with E-state index in [4.69, 9.17) is 9.84 Å². The Morgan fingerprint density at radius 1 is 1.06 bits per heavy atom. The Morgan fingerprint density at radius 2 is 1.75 bits per heavy atom. The molecule has 32 heavy (non-hydrogen) atoms. The zero-order chi connectivity index (χ0) is 23.4. The molecular formula is C27H41NO4. The molecule has 0 spiro atoms. The lowest BCUT2D eigenvalue weighted by atomic mass is 9.48. The number of rotatable bonds is 4. The van der Waals surface area contributed by atoms with E-state index in [0.29, 0.717) is 35.8 Å². The lowest BCUT2D eigenvalue weighted by Crippen LogP contribution is -2.53. The van der Waals surface area contributed by atoms with E-state index in [-0.39, 0.29) is 28.8 Å². The zero-order valence-corrected chi connectivity index (χ0v) is 20.7. The highest BCUT2D eigenvalue weighted by Crippen LogP contribution is 2.66. The van der Waals surface area contributed by atoms with Gasteiger partial charge in [0.05, 0.1) is 0 Å². The van der Waals surface area contributed by atoms with Crippen LogP contribution >= 0.6 is 0 Å². The number of carbonyl (C=O) groups excluding carboxylic acids is 1. The van der Waals surface area contributed by atoms with E-state index in [1.807, 2.05) is 6.08 Å². The van der Waals surface area contributed by atoms with E-state index in [1.54, 1.807) is 0 Å². The molecule has 5 heteroatoms. The molecule has 4 rings (SSSR count). The fraction of sp³-hybridized carbons (Fsp3) is 0.778. The van der Waals surface area contributed by atoms with E-state index < -0.39 is 6.16 Å². The second-order valence-electron chi connectivity index (χ2n) is 11.8. The summed E-state index contributed by atoms with van der Waals surface area (Å²) in [5.74, 6) is 2.89. The van der Waals surface area contributed by atoms with Crippen LogP contribution in [0.5, 0.6) is 0 Å². The minimum atomic E-state index is -1.22. The van der Waals surface area contributed by atoms with Crippen molar-refractivity contribution >= 4 is 12.1 Å². The van der Waals surface area contributed by atoms with Crippen LogP contribution in [0.15, 0.2) is 23.5 Å². The van der Waals surface area contributed by atoms with Crippen molar-refractivity contribution in [2.45, 2.75) is 98.6 Å². The van der Waals surface area contributed by atoms with Crippen LogP contribution in [0.2, 0.25) is 0 Å². The van der Waals surface area contributed by atoms with Crippen LogP contribution in [0, 0.1) is 34.5 Å². The van der Waals surface area contributed by atoms with Crippen molar-refractivity contribution in [1.29, 1.82) is 0 Å². The summed E-state index contributed by atoms with van der Waals surface area (Å²) in [6.45, 7) is 13.3. The minimum absolute atomic E-state index is 0.0829. The van der Waals surface area contributed by atoms with Crippen molar-refractivity contribution in [1.82, 2.24) is 4.90 Å². The van der Waals surface area contributed by atoms with Gasteiger partial charge in [0.25, 0.3) is 0 Å². The first-order chi connectivity index (χ1) is 15.0. The van der Waals surface area contributed by atoms with Gasteiger partial charge in [0.1, 0.15) is 5.76 Å². The van der Waals surface area contributed by atoms with E-state index in [1.165, 1.54) is 5.57 Å². The van der Waals surface area contributed by atoms with Crippen LogP contribution < -0.4 is 0 Å². The summed E-state index contributed by atoms with van der Waals surface area (Å²) in [6, 6.07) is 0.466. The standard InChI is InChI=1S/C27H41NO4/c1-16(2)28(17(3)4)24(29)23-10-9-21-20-8-7-18-15-19(32-25(30)31)11-13-26(18,5)22(20)12-14-27(21,23)6/h7,15-17,20-23H,8-14H2,1-6H3,(H,30,31)/t20-,21-,22-,23+,26-,27-/m0/s1. The van der Waals surface area contributed by atoms with Crippen molar-refractivity contribution in [2.24, 2.45) is 34.5 Å². The quantitative estimate of drug-likeness (QED) is 0.511.